The fourth-order valence-electron chi connectivity index (χ4n) is 9.29. The summed E-state index contributed by atoms with van der Waals surface area (Å²) < 4.78 is 15.5. The first-order chi connectivity index (χ1) is 31.7. The van der Waals surface area contributed by atoms with Crippen molar-refractivity contribution >= 4 is 83.0 Å². The molecule has 13 aromatic rings. The molecule has 0 radical (unpaired) electrons. The Morgan fingerprint density at radius 3 is 1.77 bits per heavy atom. The van der Waals surface area contributed by atoms with E-state index in [1.807, 2.05) is 72.8 Å². The van der Waals surface area contributed by atoms with Gasteiger partial charge in [0.15, 0.2) is 11.6 Å². The lowest BCUT2D eigenvalue weighted by Gasteiger charge is -2.24. The molecule has 0 fully saturated rings. The van der Waals surface area contributed by atoms with Gasteiger partial charge in [-0.2, -0.15) is 9.97 Å². The number of nitrogens with zero attached hydrogens (tertiary/aromatic N) is 5. The number of rotatable bonds is 7. The molecule has 64 heavy (non-hydrogen) atoms. The van der Waals surface area contributed by atoms with Crippen LogP contribution in [0.4, 0.5) is 17.3 Å². The quantitative estimate of drug-likeness (QED) is 0.159. The standard InChI is InChI=1S/C57H35N5O2/c1-4-15-36(16-5-1)38-27-31-44-45-32-29-41(35-53(45)64-52(44)34-38)62(48-24-14-26-51-54(48)46-22-11-13-25-50(46)63-51)57-59-55(37-17-6-2-7-18-37)58-56(60-57)39-28-30-43-42-21-10-12-23-47(42)61(49(43)33-39)40-19-8-3-9-20-40/h1-35H. The normalized spacial score (nSPS) is 11.8. The summed E-state index contributed by atoms with van der Waals surface area (Å²) in [6, 6.07) is 73.1. The van der Waals surface area contributed by atoms with Crippen molar-refractivity contribution in [3.05, 3.63) is 212 Å². The number of aromatic nitrogens is 4. The van der Waals surface area contributed by atoms with Gasteiger partial charge in [-0.05, 0) is 77.9 Å². The smallest absolute Gasteiger partial charge is 0.238 e. The van der Waals surface area contributed by atoms with E-state index < -0.39 is 0 Å². The number of furan rings is 2. The Kier molecular flexibility index (Phi) is 8.08. The third-order valence-corrected chi connectivity index (χ3v) is 12.2. The third-order valence-electron chi connectivity index (χ3n) is 12.2. The Balaban J connectivity index is 1.06. The lowest BCUT2D eigenvalue weighted by atomic mass is 10.0. The molecule has 0 unspecified atom stereocenters. The van der Waals surface area contributed by atoms with Crippen molar-refractivity contribution in [2.75, 3.05) is 4.90 Å². The van der Waals surface area contributed by atoms with Crippen molar-refractivity contribution in [1.82, 2.24) is 19.5 Å². The van der Waals surface area contributed by atoms with E-state index in [9.17, 15) is 0 Å². The highest BCUT2D eigenvalue weighted by Gasteiger charge is 2.25. The van der Waals surface area contributed by atoms with Gasteiger partial charge in [0.05, 0.1) is 27.8 Å². The van der Waals surface area contributed by atoms with Gasteiger partial charge < -0.3 is 13.4 Å². The Morgan fingerprint density at radius 2 is 0.953 bits per heavy atom. The second-order valence-corrected chi connectivity index (χ2v) is 16.0. The van der Waals surface area contributed by atoms with Crippen molar-refractivity contribution in [1.29, 1.82) is 0 Å². The second kappa shape index (κ2) is 14.4. The number of hydrogen-bond acceptors (Lipinski definition) is 6. The lowest BCUT2D eigenvalue weighted by Crippen LogP contribution is -2.15. The average Bonchev–Trinajstić information content (AvgIpc) is 4.04. The first-order valence-corrected chi connectivity index (χ1v) is 21.3. The lowest BCUT2D eigenvalue weighted by molar-refractivity contribution is 0.669. The van der Waals surface area contributed by atoms with Crippen molar-refractivity contribution in [2.45, 2.75) is 0 Å². The molecule has 0 aliphatic rings. The fourth-order valence-corrected chi connectivity index (χ4v) is 9.29. The zero-order chi connectivity index (χ0) is 42.1. The molecule has 0 N–H and O–H groups in total. The molecule has 4 heterocycles. The van der Waals surface area contributed by atoms with Gasteiger partial charge in [0, 0.05) is 49.8 Å². The SMILES string of the molecule is c1ccc(-c2ccc3c(c2)oc2cc(N(c4nc(-c5ccccc5)nc(-c5ccc6c7ccccc7n(-c7ccccc7)c6c5)n4)c4cccc5oc6ccccc6c45)ccc23)cc1. The summed E-state index contributed by atoms with van der Waals surface area (Å²) >= 11 is 0. The molecule has 7 heteroatoms. The molecule has 0 atom stereocenters. The van der Waals surface area contributed by atoms with Crippen LogP contribution in [0, 0.1) is 0 Å². The van der Waals surface area contributed by atoms with Gasteiger partial charge in [-0.15, -0.1) is 0 Å². The van der Waals surface area contributed by atoms with E-state index in [-0.39, 0.29) is 0 Å². The summed E-state index contributed by atoms with van der Waals surface area (Å²) in [5.74, 6) is 1.55. The minimum absolute atomic E-state index is 0.451. The molecule has 13 rings (SSSR count). The van der Waals surface area contributed by atoms with Gasteiger partial charge in [-0.3, -0.25) is 4.90 Å². The topological polar surface area (TPSA) is 73.1 Å². The Bertz CT molecular complexity index is 3910. The maximum absolute atomic E-state index is 6.72. The highest BCUT2D eigenvalue weighted by atomic mass is 16.3. The summed E-state index contributed by atoms with van der Waals surface area (Å²) in [6.45, 7) is 0. The van der Waals surface area contributed by atoms with Crippen LogP contribution in [-0.2, 0) is 0 Å². The molecular formula is C57H35N5O2. The summed E-state index contributed by atoms with van der Waals surface area (Å²) in [5, 5.41) is 6.34. The van der Waals surface area contributed by atoms with Crippen molar-refractivity contribution in [3.8, 4) is 39.6 Å². The van der Waals surface area contributed by atoms with Crippen LogP contribution >= 0.6 is 0 Å². The van der Waals surface area contributed by atoms with Crippen LogP contribution in [0.15, 0.2) is 221 Å². The summed E-state index contributed by atoms with van der Waals surface area (Å²) in [6.07, 6.45) is 0. The Hall–Kier alpha value is -8.81. The minimum atomic E-state index is 0.451. The van der Waals surface area contributed by atoms with Crippen LogP contribution in [-0.4, -0.2) is 19.5 Å². The van der Waals surface area contributed by atoms with Crippen molar-refractivity contribution in [3.63, 3.8) is 0 Å². The molecule has 7 nitrogen and oxygen atoms in total. The van der Waals surface area contributed by atoms with E-state index in [1.54, 1.807) is 0 Å². The monoisotopic (exact) mass is 821 g/mol. The third kappa shape index (κ3) is 5.79. The van der Waals surface area contributed by atoms with E-state index in [2.05, 4.69) is 149 Å². The van der Waals surface area contributed by atoms with E-state index in [0.717, 1.165) is 99.6 Å². The van der Waals surface area contributed by atoms with Gasteiger partial charge in [0.25, 0.3) is 0 Å². The largest absolute Gasteiger partial charge is 0.456 e. The Labute approximate surface area is 366 Å². The second-order valence-electron chi connectivity index (χ2n) is 16.0. The van der Waals surface area contributed by atoms with Gasteiger partial charge in [0.1, 0.15) is 22.3 Å². The van der Waals surface area contributed by atoms with Gasteiger partial charge in [0.2, 0.25) is 5.95 Å². The number of benzene rings is 9. The summed E-state index contributed by atoms with van der Waals surface area (Å²) in [4.78, 5) is 18.1. The molecule has 0 saturated carbocycles. The highest BCUT2D eigenvalue weighted by molar-refractivity contribution is 6.14. The first kappa shape index (κ1) is 35.9. The molecule has 0 aliphatic heterocycles. The minimum Gasteiger partial charge on any atom is -0.456 e. The first-order valence-electron chi connectivity index (χ1n) is 21.3. The molecule has 0 spiro atoms. The van der Waals surface area contributed by atoms with Crippen LogP contribution in [0.25, 0.3) is 105 Å². The molecule has 9 aromatic carbocycles. The summed E-state index contributed by atoms with van der Waals surface area (Å²) in [5.41, 5.74) is 12.1. The van der Waals surface area contributed by atoms with Crippen LogP contribution in [0.1, 0.15) is 0 Å². The van der Waals surface area contributed by atoms with Crippen molar-refractivity contribution in [2.24, 2.45) is 0 Å². The maximum atomic E-state index is 6.72. The van der Waals surface area contributed by atoms with Gasteiger partial charge in [-0.1, -0.05) is 140 Å². The number of anilines is 3. The predicted octanol–water partition coefficient (Wildman–Crippen LogP) is 15.2. The zero-order valence-corrected chi connectivity index (χ0v) is 34.3. The average molecular weight is 822 g/mol. The molecule has 0 aliphatic carbocycles. The summed E-state index contributed by atoms with van der Waals surface area (Å²) in [7, 11) is 0. The molecular weight excluding hydrogens is 787 g/mol. The number of hydrogen-bond donors (Lipinski definition) is 0. The maximum Gasteiger partial charge on any atom is 0.238 e. The van der Waals surface area contributed by atoms with Crippen molar-refractivity contribution < 1.29 is 8.83 Å². The van der Waals surface area contributed by atoms with Crippen LogP contribution in [0.5, 0.6) is 0 Å². The van der Waals surface area contributed by atoms with Gasteiger partial charge >= 0.3 is 0 Å². The van der Waals surface area contributed by atoms with E-state index >= 15 is 0 Å². The van der Waals surface area contributed by atoms with Gasteiger partial charge in [-0.25, -0.2) is 4.98 Å². The molecule has 300 valence electrons. The van der Waals surface area contributed by atoms with Crippen LogP contribution < -0.4 is 4.90 Å². The predicted molar refractivity (Wildman–Crippen MR) is 260 cm³/mol. The number of para-hydroxylation sites is 3. The van der Waals surface area contributed by atoms with E-state index in [1.165, 1.54) is 5.39 Å². The van der Waals surface area contributed by atoms with E-state index in [0.29, 0.717) is 17.6 Å². The molecule has 4 aromatic heterocycles. The molecule has 0 amide bonds. The molecule has 0 saturated heterocycles. The van der Waals surface area contributed by atoms with E-state index in [4.69, 9.17) is 23.8 Å². The number of fused-ring (bicyclic) bond motifs is 9. The van der Waals surface area contributed by atoms with Crippen LogP contribution in [0.2, 0.25) is 0 Å². The highest BCUT2D eigenvalue weighted by Crippen LogP contribution is 2.44. The zero-order valence-electron chi connectivity index (χ0n) is 34.3. The van der Waals surface area contributed by atoms with Crippen LogP contribution in [0.3, 0.4) is 0 Å². The molecule has 0 bridgehead atoms. The fraction of sp³-hybridized carbons (Fsp3) is 0. The Morgan fingerprint density at radius 1 is 0.359 bits per heavy atom.